The lowest BCUT2D eigenvalue weighted by Gasteiger charge is -2.42. The summed E-state index contributed by atoms with van der Waals surface area (Å²) < 4.78 is 90.8. The normalized spacial score (nSPS) is 18.1. The number of anilines is 11. The third-order valence-corrected chi connectivity index (χ3v) is 32.2. The number of thiophene rings is 2. The molecule has 133 heavy (non-hydrogen) atoms. The molecule has 0 bridgehead atoms. The molecule has 0 aliphatic heterocycles. The molecule has 0 radical (unpaired) electrons. The van der Waals surface area contributed by atoms with Gasteiger partial charge in [0.1, 0.15) is 0 Å². The van der Waals surface area contributed by atoms with Crippen molar-refractivity contribution >= 4 is 117 Å². The summed E-state index contributed by atoms with van der Waals surface area (Å²) in [6.07, 6.45) is 9.11. The molecule has 4 aliphatic carbocycles. The van der Waals surface area contributed by atoms with Crippen molar-refractivity contribution < 1.29 is 13.7 Å². The maximum absolute atomic E-state index is 9.39. The Morgan fingerprint density at radius 3 is 1.00 bits per heavy atom. The Hall–Kier alpha value is -9.95. The van der Waals surface area contributed by atoms with Gasteiger partial charge in [0.15, 0.2) is 0 Å². The lowest BCUT2D eigenvalue weighted by molar-refractivity contribution is 0.332. The maximum Gasteiger partial charge on any atom is 0.0647 e. The molecule has 0 unspecified atom stereocenters. The molecule has 0 saturated heterocycles. The Balaban J connectivity index is 0.000000172. The van der Waals surface area contributed by atoms with Crippen LogP contribution in [-0.4, -0.2) is 0 Å². The van der Waals surface area contributed by atoms with Gasteiger partial charge in [0.25, 0.3) is 0 Å². The quantitative estimate of drug-likeness (QED) is 0.124. The van der Waals surface area contributed by atoms with Gasteiger partial charge < -0.3 is 20.0 Å². The largest absolute Gasteiger partial charge is 0.354 e. The van der Waals surface area contributed by atoms with Crippen molar-refractivity contribution in [3.63, 3.8) is 0 Å². The van der Waals surface area contributed by atoms with Gasteiger partial charge in [0, 0.05) is 86.9 Å². The Labute approximate surface area is 827 Å². The first-order valence-electron chi connectivity index (χ1n) is 53.4. The molecule has 7 heteroatoms. The second-order valence-electron chi connectivity index (χ2n) is 48.3. The minimum atomic E-state index is -0.404. The summed E-state index contributed by atoms with van der Waals surface area (Å²) in [4.78, 5) is 6.84. The topological polar surface area (TPSA) is 21.8 Å². The van der Waals surface area contributed by atoms with Crippen molar-refractivity contribution in [1.82, 2.24) is 0 Å². The van der Waals surface area contributed by atoms with Gasteiger partial charge in [-0.25, -0.2) is 0 Å². The van der Waals surface area contributed by atoms with Crippen LogP contribution in [0.25, 0.3) is 42.4 Å². The van der Waals surface area contributed by atoms with E-state index >= 15 is 0 Å². The zero-order valence-corrected chi connectivity index (χ0v) is 87.6. The molecule has 2 heterocycles. The summed E-state index contributed by atoms with van der Waals surface area (Å²) >= 11 is 10.3. The van der Waals surface area contributed by atoms with Crippen LogP contribution in [0.4, 0.5) is 62.6 Å². The molecule has 14 aromatic rings. The van der Waals surface area contributed by atoms with E-state index in [1.807, 2.05) is 53.9 Å². The number of rotatable bonds is 13. The molecule has 0 spiro atoms. The van der Waals surface area contributed by atoms with Crippen LogP contribution in [0.15, 0.2) is 253 Å². The number of aryl methyl sites for hydroxylation is 2. The monoisotopic (exact) mass is 1830 g/mol. The van der Waals surface area contributed by atoms with Gasteiger partial charge in [-0.3, -0.25) is 0 Å². The third kappa shape index (κ3) is 19.5. The minimum absolute atomic E-state index is 0.00586. The highest BCUT2D eigenvalue weighted by Crippen LogP contribution is 2.57. The zero-order valence-electron chi connectivity index (χ0n) is 95.2. The summed E-state index contributed by atoms with van der Waals surface area (Å²) in [5, 5.41) is 11.5. The first kappa shape index (κ1) is 83.6. The van der Waals surface area contributed by atoms with Gasteiger partial charge in [0.2, 0.25) is 0 Å². The summed E-state index contributed by atoms with van der Waals surface area (Å²) in [7, 11) is 0. The fourth-order valence-electron chi connectivity index (χ4n) is 20.9. The number of benzene rings is 12. The average molecular weight is 1830 g/mol. The molecule has 1 N–H and O–H groups in total. The van der Waals surface area contributed by atoms with E-state index < -0.39 is 12.1 Å². The second-order valence-corrected chi connectivity index (χ2v) is 50.6. The average Bonchev–Trinajstić information content (AvgIpc) is 1.71. The maximum atomic E-state index is 9.39. The van der Waals surface area contributed by atoms with Crippen LogP contribution >= 0.6 is 34.3 Å². The van der Waals surface area contributed by atoms with E-state index in [0.29, 0.717) is 21.8 Å². The second kappa shape index (κ2) is 35.0. The number of nitrogens with one attached hydrogen (secondary N) is 1. The number of halogens is 1. The van der Waals surface area contributed by atoms with Crippen molar-refractivity contribution in [2.45, 2.75) is 324 Å². The van der Waals surface area contributed by atoms with Crippen LogP contribution < -0.4 is 20.0 Å². The summed E-state index contributed by atoms with van der Waals surface area (Å²) in [6, 6.07) is 63.4. The Kier molecular flexibility index (Phi) is 22.0. The first-order chi connectivity index (χ1) is 66.2. The van der Waals surface area contributed by atoms with E-state index in [1.54, 1.807) is 5.56 Å². The molecule has 692 valence electrons. The molecule has 4 aliphatic rings. The number of fused-ring (bicyclic) bond motifs is 6. The smallest absolute Gasteiger partial charge is 0.0647 e. The van der Waals surface area contributed by atoms with Crippen LogP contribution in [0.1, 0.15) is 337 Å². The van der Waals surface area contributed by atoms with E-state index in [9.17, 15) is 2.74 Å². The van der Waals surface area contributed by atoms with Gasteiger partial charge in [-0.1, -0.05) is 314 Å². The van der Waals surface area contributed by atoms with Gasteiger partial charge in [-0.2, -0.15) is 0 Å². The van der Waals surface area contributed by atoms with Crippen LogP contribution in [0, 0.1) is 13.8 Å². The zero-order chi connectivity index (χ0) is 105. The van der Waals surface area contributed by atoms with E-state index in [-0.39, 0.29) is 124 Å². The molecular weight excluding hydrogens is 1670 g/mol. The number of hydrogen-bond donors (Lipinski definition) is 1. The molecule has 18 rings (SSSR count). The van der Waals surface area contributed by atoms with Crippen LogP contribution in [-0.2, 0) is 65.0 Å². The van der Waals surface area contributed by atoms with Crippen LogP contribution in [0.2, 0.25) is 5.02 Å². The van der Waals surface area contributed by atoms with E-state index in [2.05, 4.69) is 389 Å². The first-order valence-corrected chi connectivity index (χ1v) is 50.5. The molecule has 0 amide bonds. The predicted molar refractivity (Wildman–Crippen MR) is 585 cm³/mol. The Morgan fingerprint density at radius 2 is 0.609 bits per heavy atom. The lowest BCUT2D eigenvalue weighted by Crippen LogP contribution is -2.34. The molecule has 12 aromatic carbocycles. The van der Waals surface area contributed by atoms with E-state index in [0.717, 1.165) is 112 Å². The number of nitrogens with zero attached hydrogens (tertiary/aromatic N) is 3. The van der Waals surface area contributed by atoms with E-state index in [4.69, 9.17) is 22.6 Å². The molecule has 0 atom stereocenters. The fourth-order valence-corrected chi connectivity index (χ4v) is 23.0. The Bertz CT molecular complexity index is 7260. The van der Waals surface area contributed by atoms with Gasteiger partial charge in [0.05, 0.1) is 36.5 Å². The highest BCUT2D eigenvalue weighted by atomic mass is 35.5. The van der Waals surface area contributed by atoms with E-state index in [1.165, 1.54) is 88.8 Å². The molecule has 4 nitrogen and oxygen atoms in total. The van der Waals surface area contributed by atoms with Crippen LogP contribution in [0.5, 0.6) is 0 Å². The minimum Gasteiger partial charge on any atom is -0.354 e. The predicted octanol–water partition coefficient (Wildman–Crippen LogP) is 38.8. The molecular formula is C126H149ClN4S2. The molecule has 0 fully saturated rings. The van der Waals surface area contributed by atoms with Gasteiger partial charge >= 0.3 is 0 Å². The third-order valence-electron chi connectivity index (χ3n) is 30.1. The van der Waals surface area contributed by atoms with Crippen molar-refractivity contribution in [3.8, 4) is 22.3 Å². The van der Waals surface area contributed by atoms with Crippen molar-refractivity contribution in [3.05, 3.63) is 336 Å². The fraction of sp³-hybridized carbons (Fsp3) is 0.397. The van der Waals surface area contributed by atoms with Crippen molar-refractivity contribution in [2.24, 2.45) is 0 Å². The molecule has 0 saturated carbocycles. The summed E-state index contributed by atoms with van der Waals surface area (Å²) in [5.74, 6) is 0. The summed E-state index contributed by atoms with van der Waals surface area (Å²) in [6.45, 7) is 68.3. The van der Waals surface area contributed by atoms with Crippen LogP contribution in [0.3, 0.4) is 0 Å². The molecule has 2 aromatic heterocycles. The lowest BCUT2D eigenvalue weighted by atomic mass is 9.63. The van der Waals surface area contributed by atoms with Crippen molar-refractivity contribution in [1.29, 1.82) is 0 Å². The standard InChI is InChI=1S/C63H74N2S.C37H42ClN.C26H33NS/c1-41-33-47(64(45-24-21-43(22-25-45)58(2,3)4)56-40-66-57-39-54-53(38-50(56)57)62(12,13)31-32-63(54,14)15)36-48(34-41)65(46-26-27-51-52(37-46)61(10,11)30-29-60(51,8)9)55-28-23-44(59(5,6)7)35-49(55)42-19-17-16-18-20-42;1-25-20-28(38)23-30(21-25)39(29-15-16-32-33(24-29)37(7,8)19-18-36(32,5)6)34-17-14-27(35(2,3)4)22-31(34)26-12-10-9-11-13-26;1-24(2,3)17-8-10-18(11-9-17)27-22-16-28-23-15-21-20(14-19(22)23)25(4,5)12-13-26(21,6)7/h16-28,33-40H,29-32H2,1-15H3;9-17,20-24H,18-19H2,1-8H3;8-11,14-16,27H,12-13H2,1-7H3/i16D,17D,18D,19D,20D;9D,10D,11D,12D,13D;. The highest BCUT2D eigenvalue weighted by Gasteiger charge is 2.43. The summed E-state index contributed by atoms with van der Waals surface area (Å²) in [5.41, 5.74) is 30.3. The Morgan fingerprint density at radius 1 is 0.293 bits per heavy atom. The number of hydrogen-bond acceptors (Lipinski definition) is 6. The van der Waals surface area contributed by atoms with Gasteiger partial charge in [-0.15, -0.1) is 22.7 Å². The highest BCUT2D eigenvalue weighted by molar-refractivity contribution is 7.18. The van der Waals surface area contributed by atoms with Gasteiger partial charge in [-0.05, 0) is 353 Å². The van der Waals surface area contributed by atoms with Crippen molar-refractivity contribution in [2.75, 3.05) is 20.0 Å². The SMILES string of the molecule is CC(C)(C)c1ccc(Nc2csc3cc4c(cc23)C(C)(C)CCC4(C)C)cc1.[2H]c1c([2H])c([2H])c(-c2cc(C(C)(C)C)ccc2N(c2cc(C)cc(Cl)c2)c2ccc3c(c2)C(C)(C)CCC3(C)C)c([2H])c1[2H].[2H]c1c([2H])c([2H])c(-c2cc(C(C)(C)C)ccc2N(c2cc(C)cc(N(c3ccc(C(C)(C)C)cc3)c3csc4cc5c(cc34)C(C)(C)CCC5(C)C)c2)c2ccc3c(c2)C(C)(C)CCC3(C)C)c([2H])c1[2H].